The highest BCUT2D eigenvalue weighted by Crippen LogP contribution is 2.43. The standard InChI is InChI=1S/C28H33BrClFN4O2/c1-4-16(2)11-35-12-18-7-17(8-19(18)13-35)14-37-25-10-23-20(9-24(25)36-3)28(33-15-32-23)34-22-6-5-21(29)26(30)27(22)31/h5-6,9-10,15-19H,4,7-8,11-14H2,1-3H3,(H,32,33,34)/t16?,17?,18-,19+. The molecule has 198 valence electrons. The first kappa shape index (κ1) is 26.4. The third-order valence-electron chi connectivity index (χ3n) is 7.87. The maximum Gasteiger partial charge on any atom is 0.166 e. The zero-order valence-electron chi connectivity index (χ0n) is 21.4. The van der Waals surface area contributed by atoms with Crippen LogP contribution in [0.2, 0.25) is 5.02 Å². The number of ether oxygens (including phenoxy) is 2. The number of hydrogen-bond acceptors (Lipinski definition) is 6. The predicted molar refractivity (Wildman–Crippen MR) is 150 cm³/mol. The smallest absolute Gasteiger partial charge is 0.166 e. The second-order valence-electron chi connectivity index (χ2n) is 10.5. The number of likely N-dealkylation sites (tertiary alicyclic amines) is 1. The van der Waals surface area contributed by atoms with Gasteiger partial charge < -0.3 is 19.7 Å². The second-order valence-corrected chi connectivity index (χ2v) is 11.7. The van der Waals surface area contributed by atoms with Crippen LogP contribution in [0, 0.1) is 29.5 Å². The Balaban J connectivity index is 1.27. The Morgan fingerprint density at radius 3 is 2.65 bits per heavy atom. The fourth-order valence-electron chi connectivity index (χ4n) is 5.77. The van der Waals surface area contributed by atoms with Crippen molar-refractivity contribution in [1.29, 1.82) is 0 Å². The quantitative estimate of drug-likeness (QED) is 0.263. The van der Waals surface area contributed by atoms with Gasteiger partial charge in [0.05, 0.1) is 29.9 Å². The minimum atomic E-state index is -0.556. The van der Waals surface area contributed by atoms with Crippen molar-refractivity contribution in [2.75, 3.05) is 38.7 Å². The molecule has 1 aromatic heterocycles. The molecule has 3 aromatic rings. The van der Waals surface area contributed by atoms with Crippen molar-refractivity contribution in [2.24, 2.45) is 23.7 Å². The van der Waals surface area contributed by atoms with Crippen LogP contribution in [0.3, 0.4) is 0 Å². The average molecular weight is 592 g/mol. The summed E-state index contributed by atoms with van der Waals surface area (Å²) >= 11 is 9.30. The molecule has 5 rings (SSSR count). The number of anilines is 2. The molecule has 4 atom stereocenters. The van der Waals surface area contributed by atoms with Gasteiger partial charge in [0.15, 0.2) is 17.3 Å². The van der Waals surface area contributed by atoms with Gasteiger partial charge in [-0.1, -0.05) is 31.9 Å². The Morgan fingerprint density at radius 2 is 1.95 bits per heavy atom. The van der Waals surface area contributed by atoms with E-state index in [1.807, 2.05) is 12.1 Å². The number of rotatable bonds is 9. The monoisotopic (exact) mass is 590 g/mol. The third-order valence-corrected chi connectivity index (χ3v) is 9.13. The molecule has 2 heterocycles. The summed E-state index contributed by atoms with van der Waals surface area (Å²) in [5.74, 6) is 4.04. The summed E-state index contributed by atoms with van der Waals surface area (Å²) < 4.78 is 27.1. The molecule has 2 fully saturated rings. The van der Waals surface area contributed by atoms with Gasteiger partial charge in [0.25, 0.3) is 0 Å². The summed E-state index contributed by atoms with van der Waals surface area (Å²) in [4.78, 5) is 11.4. The highest BCUT2D eigenvalue weighted by Gasteiger charge is 2.41. The van der Waals surface area contributed by atoms with Crippen molar-refractivity contribution in [3.63, 3.8) is 0 Å². The number of aromatic nitrogens is 2. The van der Waals surface area contributed by atoms with E-state index in [9.17, 15) is 4.39 Å². The van der Waals surface area contributed by atoms with Gasteiger partial charge in [-0.2, -0.15) is 0 Å². The lowest BCUT2D eigenvalue weighted by Crippen LogP contribution is -2.27. The lowest BCUT2D eigenvalue weighted by Gasteiger charge is -2.22. The number of nitrogens with zero attached hydrogens (tertiary/aromatic N) is 3. The van der Waals surface area contributed by atoms with Gasteiger partial charge in [-0.3, -0.25) is 0 Å². The molecule has 6 nitrogen and oxygen atoms in total. The van der Waals surface area contributed by atoms with E-state index in [-0.39, 0.29) is 10.7 Å². The van der Waals surface area contributed by atoms with Crippen molar-refractivity contribution in [1.82, 2.24) is 14.9 Å². The molecular weight excluding hydrogens is 559 g/mol. The Hall–Kier alpha value is -2.16. The summed E-state index contributed by atoms with van der Waals surface area (Å²) in [5, 5.41) is 3.75. The second kappa shape index (κ2) is 11.3. The molecule has 1 N–H and O–H groups in total. The van der Waals surface area contributed by atoms with Crippen LogP contribution in [0.4, 0.5) is 15.9 Å². The number of methoxy groups -OCH3 is 1. The molecule has 2 aliphatic rings. The van der Waals surface area contributed by atoms with Crippen molar-refractivity contribution in [3.8, 4) is 11.5 Å². The summed E-state index contributed by atoms with van der Waals surface area (Å²) in [5.41, 5.74) is 0.905. The average Bonchev–Trinajstić information content (AvgIpc) is 3.45. The SMILES string of the molecule is CCC(C)CN1C[C@H]2CC(COc3cc4ncnc(Nc5ccc(Br)c(Cl)c5F)c4cc3OC)C[C@H]2C1. The van der Waals surface area contributed by atoms with E-state index in [1.165, 1.54) is 45.2 Å². The zero-order valence-corrected chi connectivity index (χ0v) is 23.8. The van der Waals surface area contributed by atoms with Crippen LogP contribution < -0.4 is 14.8 Å². The Morgan fingerprint density at radius 1 is 1.19 bits per heavy atom. The summed E-state index contributed by atoms with van der Waals surface area (Å²) in [7, 11) is 1.62. The molecule has 2 unspecified atom stereocenters. The zero-order chi connectivity index (χ0) is 26.1. The fourth-order valence-corrected chi connectivity index (χ4v) is 6.24. The summed E-state index contributed by atoms with van der Waals surface area (Å²) in [6.45, 7) is 8.96. The van der Waals surface area contributed by atoms with Crippen LogP contribution in [-0.2, 0) is 0 Å². The van der Waals surface area contributed by atoms with Crippen molar-refractivity contribution in [2.45, 2.75) is 33.1 Å². The number of halogens is 3. The Labute approximate surface area is 231 Å². The molecule has 9 heteroatoms. The van der Waals surface area contributed by atoms with Gasteiger partial charge in [-0.05, 0) is 70.6 Å². The van der Waals surface area contributed by atoms with E-state index in [2.05, 4.69) is 50.0 Å². The van der Waals surface area contributed by atoms with E-state index in [1.54, 1.807) is 19.2 Å². The van der Waals surface area contributed by atoms with Crippen LogP contribution >= 0.6 is 27.5 Å². The Bertz CT molecular complexity index is 1260. The molecule has 0 bridgehead atoms. The highest BCUT2D eigenvalue weighted by molar-refractivity contribution is 9.10. The van der Waals surface area contributed by atoms with Crippen LogP contribution in [0.5, 0.6) is 11.5 Å². The Kier molecular flexibility index (Phi) is 8.07. The van der Waals surface area contributed by atoms with Crippen LogP contribution in [0.15, 0.2) is 35.1 Å². The molecule has 0 spiro atoms. The molecule has 0 amide bonds. The number of fused-ring (bicyclic) bond motifs is 2. The van der Waals surface area contributed by atoms with E-state index in [4.69, 9.17) is 21.1 Å². The van der Waals surface area contributed by atoms with Gasteiger partial charge in [0, 0.05) is 35.6 Å². The minimum absolute atomic E-state index is 0.0101. The molecule has 1 saturated carbocycles. The van der Waals surface area contributed by atoms with Crippen LogP contribution in [0.1, 0.15) is 33.1 Å². The first-order chi connectivity index (χ1) is 17.9. The van der Waals surface area contributed by atoms with Gasteiger partial charge >= 0.3 is 0 Å². The molecule has 1 aliphatic carbocycles. The first-order valence-electron chi connectivity index (χ1n) is 12.9. The maximum atomic E-state index is 14.7. The highest BCUT2D eigenvalue weighted by atomic mass is 79.9. The number of hydrogen-bond donors (Lipinski definition) is 1. The maximum absolute atomic E-state index is 14.7. The van der Waals surface area contributed by atoms with Gasteiger partial charge in [-0.25, -0.2) is 14.4 Å². The summed E-state index contributed by atoms with van der Waals surface area (Å²) in [6, 6.07) is 7.00. The molecule has 37 heavy (non-hydrogen) atoms. The number of nitrogens with one attached hydrogen (secondary N) is 1. The lowest BCUT2D eigenvalue weighted by molar-refractivity contribution is 0.214. The van der Waals surface area contributed by atoms with E-state index in [0.29, 0.717) is 45.2 Å². The van der Waals surface area contributed by atoms with Gasteiger partial charge in [-0.15, -0.1) is 0 Å². The lowest BCUT2D eigenvalue weighted by atomic mass is 10.0. The largest absolute Gasteiger partial charge is 0.493 e. The molecule has 1 saturated heterocycles. The van der Waals surface area contributed by atoms with Crippen LogP contribution in [-0.4, -0.2) is 48.2 Å². The van der Waals surface area contributed by atoms with Crippen LogP contribution in [0.25, 0.3) is 10.9 Å². The fraction of sp³-hybridized carbons (Fsp3) is 0.500. The first-order valence-corrected chi connectivity index (χ1v) is 14.1. The van der Waals surface area contributed by atoms with E-state index >= 15 is 0 Å². The summed E-state index contributed by atoms with van der Waals surface area (Å²) in [6.07, 6.45) is 5.13. The molecule has 2 aromatic carbocycles. The van der Waals surface area contributed by atoms with E-state index in [0.717, 1.165) is 17.8 Å². The predicted octanol–water partition coefficient (Wildman–Crippen LogP) is 7.32. The third kappa shape index (κ3) is 5.66. The van der Waals surface area contributed by atoms with Crippen molar-refractivity contribution < 1.29 is 13.9 Å². The minimum Gasteiger partial charge on any atom is -0.493 e. The topological polar surface area (TPSA) is 59.5 Å². The molecular formula is C28H33BrClFN4O2. The van der Waals surface area contributed by atoms with Gasteiger partial charge in [0.2, 0.25) is 0 Å². The normalized spacial score (nSPS) is 22.3. The molecule has 1 aliphatic heterocycles. The van der Waals surface area contributed by atoms with Gasteiger partial charge in [0.1, 0.15) is 12.1 Å². The number of benzene rings is 2. The van der Waals surface area contributed by atoms with E-state index < -0.39 is 5.82 Å². The van der Waals surface area contributed by atoms with Crippen molar-refractivity contribution in [3.05, 3.63) is 45.9 Å². The molecule has 0 radical (unpaired) electrons. The van der Waals surface area contributed by atoms with Crippen molar-refractivity contribution >= 4 is 49.9 Å².